The van der Waals surface area contributed by atoms with Crippen LogP contribution in [0.2, 0.25) is 0 Å². The molecule has 0 amide bonds. The van der Waals surface area contributed by atoms with Crippen LogP contribution in [0.4, 0.5) is 0 Å². The van der Waals surface area contributed by atoms with Crippen LogP contribution in [0, 0.1) is 20.2 Å². The van der Waals surface area contributed by atoms with Gasteiger partial charge < -0.3 is 20.2 Å². The summed E-state index contributed by atoms with van der Waals surface area (Å²) < 4.78 is 0. The van der Waals surface area contributed by atoms with Gasteiger partial charge in [0, 0.05) is 29.6 Å². The van der Waals surface area contributed by atoms with Crippen LogP contribution in [0.25, 0.3) is 0 Å². The number of hydrogen-bond acceptors (Lipinski definition) is 6. The largest absolute Gasteiger partial charge is 2.00 e. The zero-order chi connectivity index (χ0) is 5.41. The van der Waals surface area contributed by atoms with Crippen LogP contribution in [0.3, 0.4) is 0 Å². The second kappa shape index (κ2) is 54.6. The van der Waals surface area contributed by atoms with Crippen molar-refractivity contribution in [3.8, 4) is 0 Å². The maximum atomic E-state index is 8.00. The van der Waals surface area contributed by atoms with Gasteiger partial charge in [-0.1, -0.05) is 0 Å². The zero-order valence-electron chi connectivity index (χ0n) is 3.86. The van der Waals surface area contributed by atoms with Crippen LogP contribution in [0.15, 0.2) is 10.7 Å². The summed E-state index contributed by atoms with van der Waals surface area (Å²) in [6.45, 7) is 0. The third-order valence-corrected chi connectivity index (χ3v) is 0. The second-order valence-corrected chi connectivity index (χ2v) is 0.149. The molecule has 8 heteroatoms. The van der Waals surface area contributed by atoms with Gasteiger partial charge in [-0.2, -0.15) is 0 Å². The number of nitrogens with zero attached hydrogens (tertiary/aromatic N) is 2. The van der Waals surface area contributed by atoms with Gasteiger partial charge in [-0.15, -0.1) is 10.7 Å². The Bertz CT molecular complexity index is 35.0. The van der Waals surface area contributed by atoms with Gasteiger partial charge in [-0.25, -0.2) is 0 Å². The molecule has 0 aromatic heterocycles. The molecule has 0 saturated carbocycles. The molecule has 0 aromatic rings. The van der Waals surface area contributed by atoms with Gasteiger partial charge in [0.05, 0.1) is 0 Å². The standard InChI is InChI=1S/Co.2HNO2.Na/c;2*2-1-3;/h;2*(H,2,3);/q+2;;;/p-2. The minimum atomic E-state index is 0. The van der Waals surface area contributed by atoms with Gasteiger partial charge in [0.1, 0.15) is 0 Å². The van der Waals surface area contributed by atoms with E-state index in [0.717, 1.165) is 10.7 Å². The average Bonchev–Trinajstić information content (AvgIpc) is 1.39. The van der Waals surface area contributed by atoms with E-state index >= 15 is 0 Å². The molecule has 0 rings (SSSR count). The fourth-order valence-corrected chi connectivity index (χ4v) is 0. The Morgan fingerprint density at radius 3 is 1.00 bits per heavy atom. The quantitative estimate of drug-likeness (QED) is 0.295. The van der Waals surface area contributed by atoms with Crippen LogP contribution in [0.1, 0.15) is 0 Å². The third-order valence-electron chi connectivity index (χ3n) is 0. The molecule has 0 heterocycles. The maximum Gasteiger partial charge on any atom is 2.00 e. The van der Waals surface area contributed by atoms with E-state index in [1.165, 1.54) is 0 Å². The van der Waals surface area contributed by atoms with Crippen molar-refractivity contribution in [3.63, 3.8) is 0 Å². The second-order valence-electron chi connectivity index (χ2n) is 0.149. The summed E-state index contributed by atoms with van der Waals surface area (Å²) >= 11 is 0. The molecule has 0 aliphatic heterocycles. The molecular formula is CoN2NaO4. The number of hydrogen-bond donors (Lipinski definition) is 0. The Labute approximate surface area is 77.0 Å². The summed E-state index contributed by atoms with van der Waals surface area (Å²) in [4.78, 5) is 16.0. The Morgan fingerprint density at radius 1 is 1.00 bits per heavy atom. The van der Waals surface area contributed by atoms with Crippen molar-refractivity contribution in [2.75, 3.05) is 0 Å². The predicted molar refractivity (Wildman–Crippen MR) is 24.1 cm³/mol. The van der Waals surface area contributed by atoms with E-state index < -0.39 is 0 Å². The molecule has 0 aromatic carbocycles. The van der Waals surface area contributed by atoms with Gasteiger partial charge >= 0.3 is 16.8 Å². The van der Waals surface area contributed by atoms with Gasteiger partial charge in [-0.3, -0.25) is 0 Å². The zero-order valence-corrected chi connectivity index (χ0v) is 6.90. The summed E-state index contributed by atoms with van der Waals surface area (Å²) in [5, 5.41) is 18.0. The van der Waals surface area contributed by atoms with Crippen molar-refractivity contribution in [2.24, 2.45) is 10.7 Å². The van der Waals surface area contributed by atoms with Crippen LogP contribution in [-0.4, -0.2) is 29.6 Å². The molecule has 6 nitrogen and oxygen atoms in total. The fraction of sp³-hybridized carbons (Fsp3) is 0. The third kappa shape index (κ3) is 1890. The molecule has 0 aliphatic carbocycles. The minimum Gasteiger partial charge on any atom is -0.444 e. The van der Waals surface area contributed by atoms with E-state index in [0.29, 0.717) is 0 Å². The molecule has 0 atom stereocenters. The van der Waals surface area contributed by atoms with Gasteiger partial charge in [0.25, 0.3) is 0 Å². The summed E-state index contributed by atoms with van der Waals surface area (Å²) in [7, 11) is 0. The van der Waals surface area contributed by atoms with E-state index in [9.17, 15) is 0 Å². The molecule has 44 valence electrons. The molecule has 0 saturated heterocycles. The molecule has 0 aliphatic rings. The number of rotatable bonds is 0. The topological polar surface area (TPSA) is 105 Å². The van der Waals surface area contributed by atoms with E-state index in [-0.39, 0.29) is 46.3 Å². The Kier molecular flexibility index (Phi) is 163. The molecule has 8 heavy (non-hydrogen) atoms. The maximum absolute atomic E-state index is 8.00. The van der Waals surface area contributed by atoms with Crippen LogP contribution in [0.5, 0.6) is 0 Å². The normalized spacial score (nSPS) is 3.00. The molecule has 0 fully saturated rings. The molecular weight excluding hydrogens is 174 g/mol. The first-order valence-electron chi connectivity index (χ1n) is 0.730. The van der Waals surface area contributed by atoms with Crippen molar-refractivity contribution >= 4 is 29.6 Å². The summed E-state index contributed by atoms with van der Waals surface area (Å²) in [5.41, 5.74) is 0. The van der Waals surface area contributed by atoms with Crippen LogP contribution < -0.4 is 0 Å². The van der Waals surface area contributed by atoms with E-state index in [1.54, 1.807) is 0 Å². The first-order chi connectivity index (χ1) is 2.83. The van der Waals surface area contributed by atoms with Gasteiger partial charge in [-0.05, 0) is 0 Å². The average molecular weight is 174 g/mol. The Morgan fingerprint density at radius 2 is 1.00 bits per heavy atom. The first-order valence-corrected chi connectivity index (χ1v) is 0.730. The predicted octanol–water partition coefficient (Wildman–Crippen LogP) is 0.118. The van der Waals surface area contributed by atoms with E-state index in [1.807, 2.05) is 0 Å². The molecule has 0 bridgehead atoms. The minimum absolute atomic E-state index is 0. The van der Waals surface area contributed by atoms with Crippen LogP contribution >= 0.6 is 0 Å². The molecule has 0 unspecified atom stereocenters. The van der Waals surface area contributed by atoms with Gasteiger partial charge in [0.2, 0.25) is 0 Å². The van der Waals surface area contributed by atoms with E-state index in [4.69, 9.17) is 20.2 Å². The SMILES string of the molecule is O=N[O-].O=N[O-].[Co+2].[Na]. The summed E-state index contributed by atoms with van der Waals surface area (Å²) in [6, 6.07) is 0. The van der Waals surface area contributed by atoms with Crippen molar-refractivity contribution < 1.29 is 16.8 Å². The summed E-state index contributed by atoms with van der Waals surface area (Å²) in [5.74, 6) is 0. The first kappa shape index (κ1) is 23.9. The summed E-state index contributed by atoms with van der Waals surface area (Å²) in [6.07, 6.45) is 0. The van der Waals surface area contributed by atoms with Gasteiger partial charge in [0.15, 0.2) is 0 Å². The van der Waals surface area contributed by atoms with Crippen molar-refractivity contribution in [1.82, 2.24) is 0 Å². The molecule has 0 N–H and O–H groups in total. The molecule has 0 spiro atoms. The monoisotopic (exact) mass is 174 g/mol. The van der Waals surface area contributed by atoms with E-state index in [2.05, 4.69) is 0 Å². The van der Waals surface area contributed by atoms with Crippen molar-refractivity contribution in [2.45, 2.75) is 0 Å². The van der Waals surface area contributed by atoms with Crippen LogP contribution in [-0.2, 0) is 16.8 Å². The van der Waals surface area contributed by atoms with Crippen molar-refractivity contribution in [3.05, 3.63) is 20.2 Å². The fourth-order valence-electron chi connectivity index (χ4n) is 0. The Hall–Kier alpha value is 0.306. The smallest absolute Gasteiger partial charge is 0.444 e. The van der Waals surface area contributed by atoms with Crippen molar-refractivity contribution in [1.29, 1.82) is 0 Å². The molecule has 2 radical (unpaired) electrons. The Balaban J connectivity index is -0.0000000160.